The number of rotatable bonds is 8. The molecule has 2 aromatic rings. The largest absolute Gasteiger partial charge is 0.352 e. The van der Waals surface area contributed by atoms with Gasteiger partial charge in [-0.2, -0.15) is 0 Å². The van der Waals surface area contributed by atoms with Crippen molar-refractivity contribution in [1.29, 1.82) is 0 Å². The molecule has 4 N–H and O–H groups in total. The van der Waals surface area contributed by atoms with Crippen LogP contribution in [0.1, 0.15) is 30.5 Å². The van der Waals surface area contributed by atoms with Crippen LogP contribution in [0.4, 0.5) is 0 Å². The molecule has 2 rings (SSSR count). The Labute approximate surface area is 148 Å². The second kappa shape index (κ2) is 8.75. The van der Waals surface area contributed by atoms with Crippen molar-refractivity contribution >= 4 is 15.9 Å². The van der Waals surface area contributed by atoms with Crippen LogP contribution in [0.5, 0.6) is 0 Å². The zero-order valence-electron chi connectivity index (χ0n) is 14.1. The molecule has 0 aliphatic heterocycles. The Kier molecular flexibility index (Phi) is 6.69. The lowest BCUT2D eigenvalue weighted by Crippen LogP contribution is -2.27. The zero-order chi connectivity index (χ0) is 18.3. The fourth-order valence-electron chi connectivity index (χ4n) is 2.35. The molecule has 1 atom stereocenters. The third kappa shape index (κ3) is 5.67. The summed E-state index contributed by atoms with van der Waals surface area (Å²) >= 11 is 0. The molecule has 0 aliphatic carbocycles. The molecule has 0 aromatic heterocycles. The van der Waals surface area contributed by atoms with Crippen molar-refractivity contribution < 1.29 is 13.2 Å². The van der Waals surface area contributed by atoms with Crippen LogP contribution in [0.15, 0.2) is 59.5 Å². The highest BCUT2D eigenvalue weighted by atomic mass is 32.2. The van der Waals surface area contributed by atoms with Crippen LogP contribution in [-0.2, 0) is 21.4 Å². The van der Waals surface area contributed by atoms with E-state index in [1.54, 1.807) is 19.1 Å². The molecule has 0 bridgehead atoms. The number of benzene rings is 2. The van der Waals surface area contributed by atoms with Gasteiger partial charge in [0.15, 0.2) is 0 Å². The molecule has 1 unspecified atom stereocenters. The van der Waals surface area contributed by atoms with Crippen molar-refractivity contribution in [3.8, 4) is 0 Å². The van der Waals surface area contributed by atoms with Crippen LogP contribution in [0.3, 0.4) is 0 Å². The van der Waals surface area contributed by atoms with Crippen molar-refractivity contribution in [3.05, 3.63) is 65.7 Å². The Morgan fingerprint density at radius 3 is 2.32 bits per heavy atom. The van der Waals surface area contributed by atoms with Crippen molar-refractivity contribution in [2.45, 2.75) is 30.8 Å². The molecule has 1 amide bonds. The number of hydrogen-bond donors (Lipinski definition) is 3. The van der Waals surface area contributed by atoms with Gasteiger partial charge >= 0.3 is 0 Å². The molecule has 7 heteroatoms. The van der Waals surface area contributed by atoms with E-state index in [1.807, 2.05) is 30.3 Å². The smallest absolute Gasteiger partial charge is 0.240 e. The van der Waals surface area contributed by atoms with Gasteiger partial charge in [0, 0.05) is 25.6 Å². The van der Waals surface area contributed by atoms with Crippen LogP contribution in [0, 0.1) is 0 Å². The van der Waals surface area contributed by atoms with Gasteiger partial charge in [-0.1, -0.05) is 49.4 Å². The van der Waals surface area contributed by atoms with Gasteiger partial charge in [-0.25, -0.2) is 13.1 Å². The predicted molar refractivity (Wildman–Crippen MR) is 97.1 cm³/mol. The van der Waals surface area contributed by atoms with Gasteiger partial charge in [0.2, 0.25) is 15.9 Å². The Balaban J connectivity index is 1.88. The first-order valence-electron chi connectivity index (χ1n) is 8.08. The van der Waals surface area contributed by atoms with Gasteiger partial charge in [-0.15, -0.1) is 0 Å². The van der Waals surface area contributed by atoms with Crippen LogP contribution >= 0.6 is 0 Å². The van der Waals surface area contributed by atoms with E-state index in [-0.39, 0.29) is 23.3 Å². The molecule has 6 nitrogen and oxygen atoms in total. The van der Waals surface area contributed by atoms with E-state index in [1.165, 1.54) is 12.1 Å². The van der Waals surface area contributed by atoms with Crippen molar-refractivity contribution in [2.24, 2.45) is 5.73 Å². The van der Waals surface area contributed by atoms with Crippen molar-refractivity contribution in [1.82, 2.24) is 10.0 Å². The lowest BCUT2D eigenvalue weighted by Gasteiger charge is -2.12. The molecule has 2 aromatic carbocycles. The van der Waals surface area contributed by atoms with Gasteiger partial charge in [0.1, 0.15) is 0 Å². The Morgan fingerprint density at radius 1 is 1.08 bits per heavy atom. The number of sulfonamides is 1. The minimum Gasteiger partial charge on any atom is -0.352 e. The van der Waals surface area contributed by atoms with Gasteiger partial charge < -0.3 is 11.1 Å². The van der Waals surface area contributed by atoms with Gasteiger partial charge in [-0.3, -0.25) is 4.79 Å². The molecule has 25 heavy (non-hydrogen) atoms. The number of carbonyl (C=O) groups is 1. The van der Waals surface area contributed by atoms with Crippen LogP contribution < -0.4 is 15.8 Å². The topological polar surface area (TPSA) is 101 Å². The van der Waals surface area contributed by atoms with Crippen LogP contribution in [-0.4, -0.2) is 20.9 Å². The van der Waals surface area contributed by atoms with E-state index in [0.717, 1.165) is 11.1 Å². The summed E-state index contributed by atoms with van der Waals surface area (Å²) in [4.78, 5) is 12.2. The summed E-state index contributed by atoms with van der Waals surface area (Å²) in [5.41, 5.74) is 7.76. The first-order valence-corrected chi connectivity index (χ1v) is 9.56. The summed E-state index contributed by atoms with van der Waals surface area (Å²) in [5, 5.41) is 2.80. The second-order valence-electron chi connectivity index (χ2n) is 5.64. The normalized spacial score (nSPS) is 12.6. The van der Waals surface area contributed by atoms with E-state index in [0.29, 0.717) is 13.1 Å². The average Bonchev–Trinajstić information content (AvgIpc) is 2.61. The lowest BCUT2D eigenvalue weighted by atomic mass is 10.0. The number of nitrogens with one attached hydrogen (secondary N) is 2. The standard InChI is InChI=1S/C18H23N3O3S/c1-2-21-25(23,24)16-10-8-14(9-11-16)13-20-18(22)12-17(19)15-6-4-3-5-7-15/h3-11,17,21H,2,12-13,19H2,1H3,(H,20,22). The fourth-order valence-corrected chi connectivity index (χ4v) is 3.39. The SMILES string of the molecule is CCNS(=O)(=O)c1ccc(CNC(=O)CC(N)c2ccccc2)cc1. The lowest BCUT2D eigenvalue weighted by molar-refractivity contribution is -0.121. The second-order valence-corrected chi connectivity index (χ2v) is 7.41. The highest BCUT2D eigenvalue weighted by Crippen LogP contribution is 2.13. The molecule has 134 valence electrons. The molecule has 0 aliphatic rings. The maximum atomic E-state index is 12.0. The summed E-state index contributed by atoms with van der Waals surface area (Å²) in [6, 6.07) is 15.5. The fraction of sp³-hybridized carbons (Fsp3) is 0.278. The molecule has 0 fully saturated rings. The van der Waals surface area contributed by atoms with Crippen molar-refractivity contribution in [2.75, 3.05) is 6.54 Å². The highest BCUT2D eigenvalue weighted by molar-refractivity contribution is 7.89. The van der Waals surface area contributed by atoms with E-state index >= 15 is 0 Å². The predicted octanol–water partition coefficient (Wildman–Crippen LogP) is 1.69. The molecule has 0 radical (unpaired) electrons. The summed E-state index contributed by atoms with van der Waals surface area (Å²) in [6.07, 6.45) is 0.191. The van der Waals surface area contributed by atoms with Gasteiger partial charge in [-0.05, 0) is 23.3 Å². The first-order chi connectivity index (χ1) is 11.9. The Bertz CT molecular complexity index is 790. The maximum absolute atomic E-state index is 12.0. The maximum Gasteiger partial charge on any atom is 0.240 e. The van der Waals surface area contributed by atoms with E-state index in [4.69, 9.17) is 5.73 Å². The van der Waals surface area contributed by atoms with E-state index in [9.17, 15) is 13.2 Å². The number of amides is 1. The molecule has 0 spiro atoms. The quantitative estimate of drug-likeness (QED) is 0.666. The zero-order valence-corrected chi connectivity index (χ0v) is 14.9. The molecular weight excluding hydrogens is 338 g/mol. The summed E-state index contributed by atoms with van der Waals surface area (Å²) in [5.74, 6) is -0.152. The molecule has 0 saturated carbocycles. The summed E-state index contributed by atoms with van der Waals surface area (Å²) < 4.78 is 26.2. The third-order valence-corrected chi connectivity index (χ3v) is 5.25. The molecule has 0 saturated heterocycles. The van der Waals surface area contributed by atoms with E-state index < -0.39 is 10.0 Å². The van der Waals surface area contributed by atoms with Crippen molar-refractivity contribution in [3.63, 3.8) is 0 Å². The minimum absolute atomic E-state index is 0.152. The molecule has 0 heterocycles. The first kappa shape index (κ1) is 19.1. The molecular formula is C18H23N3O3S. The minimum atomic E-state index is -3.46. The van der Waals surface area contributed by atoms with Gasteiger partial charge in [0.05, 0.1) is 4.90 Å². The highest BCUT2D eigenvalue weighted by Gasteiger charge is 2.13. The average molecular weight is 361 g/mol. The monoisotopic (exact) mass is 361 g/mol. The number of carbonyl (C=O) groups excluding carboxylic acids is 1. The Morgan fingerprint density at radius 2 is 1.72 bits per heavy atom. The summed E-state index contributed by atoms with van der Waals surface area (Å²) in [7, 11) is -3.46. The summed E-state index contributed by atoms with van der Waals surface area (Å²) in [6.45, 7) is 2.38. The number of nitrogens with two attached hydrogens (primary N) is 1. The Hall–Kier alpha value is -2.22. The van der Waals surface area contributed by atoms with Crippen LogP contribution in [0.25, 0.3) is 0 Å². The van der Waals surface area contributed by atoms with E-state index in [2.05, 4.69) is 10.0 Å². The van der Waals surface area contributed by atoms with Gasteiger partial charge in [0.25, 0.3) is 0 Å². The van der Waals surface area contributed by atoms with Crippen LogP contribution in [0.2, 0.25) is 0 Å². The third-order valence-electron chi connectivity index (χ3n) is 3.69. The number of hydrogen-bond acceptors (Lipinski definition) is 4.